The SMILES string of the molecule is CC1(C)c2ccccc2-c2ccc(N(c3ccc(-c4ccccc4)cc3)c3ccc(N(c4ccc(-c5ccccc5)cc4)c4ccc(-c5ccccc5)cc4)c4c3ccc3ccccc34)cc21. The predicted octanol–water partition coefficient (Wildman–Crippen LogP) is 18.2. The second-order valence-corrected chi connectivity index (χ2v) is 18.1. The summed E-state index contributed by atoms with van der Waals surface area (Å²) < 4.78 is 0. The van der Waals surface area contributed by atoms with Crippen LogP contribution in [0, 0.1) is 0 Å². The zero-order chi connectivity index (χ0) is 44.9. The van der Waals surface area contributed by atoms with Gasteiger partial charge in [-0.2, -0.15) is 0 Å². The van der Waals surface area contributed by atoms with E-state index in [0.717, 1.165) is 39.5 Å². The second-order valence-electron chi connectivity index (χ2n) is 18.1. The van der Waals surface area contributed by atoms with Gasteiger partial charge in [-0.3, -0.25) is 0 Å². The average molecular weight is 857 g/mol. The van der Waals surface area contributed by atoms with Crippen LogP contribution in [0.25, 0.3) is 66.1 Å². The molecule has 0 fully saturated rings. The highest BCUT2D eigenvalue weighted by molar-refractivity contribution is 6.19. The highest BCUT2D eigenvalue weighted by atomic mass is 15.2. The Balaban J connectivity index is 1.08. The topological polar surface area (TPSA) is 6.48 Å². The molecule has 0 radical (unpaired) electrons. The van der Waals surface area contributed by atoms with Crippen LogP contribution in [-0.2, 0) is 5.41 Å². The maximum absolute atomic E-state index is 2.47. The quantitative estimate of drug-likeness (QED) is 0.133. The van der Waals surface area contributed by atoms with Crippen molar-refractivity contribution in [3.05, 3.63) is 266 Å². The number of hydrogen-bond acceptors (Lipinski definition) is 2. The van der Waals surface area contributed by atoms with Gasteiger partial charge in [-0.05, 0) is 127 Å². The molecule has 2 nitrogen and oxygen atoms in total. The molecule has 1 aliphatic carbocycles. The number of fused-ring (bicyclic) bond motifs is 6. The van der Waals surface area contributed by atoms with Gasteiger partial charge in [0, 0.05) is 38.9 Å². The zero-order valence-electron chi connectivity index (χ0n) is 37.6. The molecule has 0 saturated heterocycles. The van der Waals surface area contributed by atoms with E-state index in [4.69, 9.17) is 0 Å². The largest absolute Gasteiger partial charge is 0.310 e. The van der Waals surface area contributed by atoms with Crippen LogP contribution in [0.2, 0.25) is 0 Å². The van der Waals surface area contributed by atoms with E-state index in [0.29, 0.717) is 0 Å². The van der Waals surface area contributed by atoms with Crippen molar-refractivity contribution in [1.82, 2.24) is 0 Å². The molecule has 67 heavy (non-hydrogen) atoms. The highest BCUT2D eigenvalue weighted by Gasteiger charge is 2.36. The molecule has 0 spiro atoms. The van der Waals surface area contributed by atoms with E-state index in [1.54, 1.807) is 0 Å². The van der Waals surface area contributed by atoms with E-state index in [1.165, 1.54) is 71.8 Å². The van der Waals surface area contributed by atoms with Gasteiger partial charge in [0.2, 0.25) is 0 Å². The lowest BCUT2D eigenvalue weighted by Gasteiger charge is -2.32. The fourth-order valence-electron chi connectivity index (χ4n) is 10.5. The first-order valence-corrected chi connectivity index (χ1v) is 23.3. The molecule has 318 valence electrons. The van der Waals surface area contributed by atoms with E-state index in [-0.39, 0.29) is 5.41 Å². The molecule has 0 heterocycles. The summed E-state index contributed by atoms with van der Waals surface area (Å²) >= 11 is 0. The monoisotopic (exact) mass is 856 g/mol. The number of hydrogen-bond donors (Lipinski definition) is 0. The van der Waals surface area contributed by atoms with Crippen molar-refractivity contribution in [3.63, 3.8) is 0 Å². The van der Waals surface area contributed by atoms with Crippen LogP contribution in [0.1, 0.15) is 25.0 Å². The van der Waals surface area contributed by atoms with Gasteiger partial charge in [-0.1, -0.05) is 208 Å². The van der Waals surface area contributed by atoms with Crippen LogP contribution in [0.5, 0.6) is 0 Å². The third-order valence-electron chi connectivity index (χ3n) is 13.9. The number of anilines is 6. The molecule has 11 aromatic carbocycles. The fourth-order valence-corrected chi connectivity index (χ4v) is 10.5. The van der Waals surface area contributed by atoms with E-state index in [2.05, 4.69) is 278 Å². The summed E-state index contributed by atoms with van der Waals surface area (Å²) in [4.78, 5) is 4.92. The standard InChI is InChI=1S/C65H48N2/c1-65(2)60-25-15-14-24-57(60)58-41-39-55(44-61(58)65)67(54-37-30-50(31-38-54)47-20-10-5-11-21-47)62-42-43-63(64-56-23-13-12-22-51(56)32-40-59(62)64)66(52-33-26-48(27-34-52)45-16-6-3-7-17-45)53-35-28-49(29-36-53)46-18-8-4-9-19-46/h3-44H,1-2H3. The molecule has 2 heteroatoms. The van der Waals surface area contributed by atoms with Crippen molar-refractivity contribution >= 4 is 55.7 Å². The molecule has 0 aromatic heterocycles. The first kappa shape index (κ1) is 40.1. The van der Waals surface area contributed by atoms with Crippen molar-refractivity contribution in [2.24, 2.45) is 0 Å². The van der Waals surface area contributed by atoms with Gasteiger partial charge < -0.3 is 9.80 Å². The summed E-state index contributed by atoms with van der Waals surface area (Å²) in [6, 6.07) is 93.2. The van der Waals surface area contributed by atoms with Crippen molar-refractivity contribution in [2.75, 3.05) is 9.80 Å². The smallest absolute Gasteiger partial charge is 0.0547 e. The Bertz CT molecular complexity index is 3480. The second kappa shape index (κ2) is 16.5. The van der Waals surface area contributed by atoms with E-state index in [1.807, 2.05) is 0 Å². The van der Waals surface area contributed by atoms with Crippen LogP contribution >= 0.6 is 0 Å². The van der Waals surface area contributed by atoms with Gasteiger partial charge >= 0.3 is 0 Å². The van der Waals surface area contributed by atoms with Crippen LogP contribution in [0.15, 0.2) is 255 Å². The normalized spacial score (nSPS) is 12.4. The molecular weight excluding hydrogens is 809 g/mol. The average Bonchev–Trinajstić information content (AvgIpc) is 3.63. The van der Waals surface area contributed by atoms with Gasteiger partial charge in [0.15, 0.2) is 0 Å². The van der Waals surface area contributed by atoms with Gasteiger partial charge in [-0.15, -0.1) is 0 Å². The van der Waals surface area contributed by atoms with Gasteiger partial charge in [0.25, 0.3) is 0 Å². The fraction of sp³-hybridized carbons (Fsp3) is 0.0462. The van der Waals surface area contributed by atoms with Crippen molar-refractivity contribution in [2.45, 2.75) is 19.3 Å². The Labute approximate surface area is 393 Å². The van der Waals surface area contributed by atoms with Crippen LogP contribution in [-0.4, -0.2) is 0 Å². The molecule has 1 aliphatic rings. The van der Waals surface area contributed by atoms with Crippen LogP contribution < -0.4 is 9.80 Å². The lowest BCUT2D eigenvalue weighted by molar-refractivity contribution is 0.660. The minimum Gasteiger partial charge on any atom is -0.310 e. The molecule has 0 aliphatic heterocycles. The zero-order valence-corrected chi connectivity index (χ0v) is 37.6. The Morgan fingerprint density at radius 3 is 1.25 bits per heavy atom. The minimum atomic E-state index is -0.153. The molecule has 0 saturated carbocycles. The van der Waals surface area contributed by atoms with E-state index >= 15 is 0 Å². The Morgan fingerprint density at radius 1 is 0.284 bits per heavy atom. The Hall–Kier alpha value is -8.46. The molecule has 12 rings (SSSR count). The summed E-state index contributed by atoms with van der Waals surface area (Å²) in [6.45, 7) is 4.73. The summed E-state index contributed by atoms with van der Waals surface area (Å²) in [7, 11) is 0. The Kier molecular flexibility index (Phi) is 9.88. The predicted molar refractivity (Wildman–Crippen MR) is 285 cm³/mol. The number of benzene rings is 11. The van der Waals surface area contributed by atoms with E-state index < -0.39 is 0 Å². The van der Waals surface area contributed by atoms with Gasteiger partial charge in [-0.25, -0.2) is 0 Å². The molecule has 0 unspecified atom stereocenters. The maximum Gasteiger partial charge on any atom is 0.0547 e. The van der Waals surface area contributed by atoms with Gasteiger partial charge in [0.05, 0.1) is 11.4 Å². The third kappa shape index (κ3) is 7.06. The molecule has 0 atom stereocenters. The van der Waals surface area contributed by atoms with E-state index in [9.17, 15) is 0 Å². The summed E-state index contributed by atoms with van der Waals surface area (Å²) in [6.07, 6.45) is 0. The first-order valence-electron chi connectivity index (χ1n) is 23.3. The molecule has 0 amide bonds. The van der Waals surface area contributed by atoms with Crippen molar-refractivity contribution < 1.29 is 0 Å². The highest BCUT2D eigenvalue weighted by Crippen LogP contribution is 2.52. The van der Waals surface area contributed by atoms with Crippen LogP contribution in [0.4, 0.5) is 34.1 Å². The number of rotatable bonds is 9. The third-order valence-corrected chi connectivity index (χ3v) is 13.9. The molecular formula is C65H48N2. The maximum atomic E-state index is 2.47. The summed E-state index contributed by atoms with van der Waals surface area (Å²) in [5.74, 6) is 0. The lowest BCUT2D eigenvalue weighted by Crippen LogP contribution is -2.17. The van der Waals surface area contributed by atoms with Crippen molar-refractivity contribution in [3.8, 4) is 44.5 Å². The molecule has 11 aromatic rings. The first-order chi connectivity index (χ1) is 33.0. The summed E-state index contributed by atoms with van der Waals surface area (Å²) in [5.41, 5.74) is 19.0. The van der Waals surface area contributed by atoms with Crippen LogP contribution in [0.3, 0.4) is 0 Å². The number of nitrogens with zero attached hydrogens (tertiary/aromatic N) is 2. The molecule has 0 bridgehead atoms. The lowest BCUT2D eigenvalue weighted by atomic mass is 9.82. The van der Waals surface area contributed by atoms with Crippen molar-refractivity contribution in [1.29, 1.82) is 0 Å². The Morgan fingerprint density at radius 2 is 0.701 bits per heavy atom. The summed E-state index contributed by atoms with van der Waals surface area (Å²) in [5, 5.41) is 4.75. The molecule has 0 N–H and O–H groups in total. The minimum absolute atomic E-state index is 0.153. The van der Waals surface area contributed by atoms with Gasteiger partial charge in [0.1, 0.15) is 0 Å².